The zero-order chi connectivity index (χ0) is 16.7. The van der Waals surface area contributed by atoms with E-state index >= 15 is 0 Å². The highest BCUT2D eigenvalue weighted by molar-refractivity contribution is 6.31. The van der Waals surface area contributed by atoms with E-state index in [0.29, 0.717) is 33.9 Å². The van der Waals surface area contributed by atoms with Crippen LogP contribution in [0.5, 0.6) is 0 Å². The molecule has 2 heterocycles. The average molecular weight is 340 g/mol. The van der Waals surface area contributed by atoms with Crippen molar-refractivity contribution in [2.45, 2.75) is 13.3 Å². The summed E-state index contributed by atoms with van der Waals surface area (Å²) in [7, 11) is 0. The van der Waals surface area contributed by atoms with Gasteiger partial charge in [0.2, 0.25) is 0 Å². The molecule has 7 heteroatoms. The van der Waals surface area contributed by atoms with Crippen LogP contribution >= 0.6 is 11.6 Å². The Labute approximate surface area is 142 Å². The maximum atomic E-state index is 13.0. The van der Waals surface area contributed by atoms with Crippen LogP contribution in [-0.4, -0.2) is 19.3 Å². The highest BCUT2D eigenvalue weighted by atomic mass is 35.5. The van der Waals surface area contributed by atoms with E-state index in [2.05, 4.69) is 15.5 Å². The molecule has 0 radical (unpaired) electrons. The molecule has 0 fully saturated rings. The fourth-order valence-corrected chi connectivity index (χ4v) is 2.79. The SMILES string of the molecule is CCc1nc2n(Nc3ccccc3)c(=O)c3cc(Cl)ccc3n2n1. The first-order valence-corrected chi connectivity index (χ1v) is 7.97. The van der Waals surface area contributed by atoms with Gasteiger partial charge in [-0.05, 0) is 30.3 Å². The first kappa shape index (κ1) is 14.7. The van der Waals surface area contributed by atoms with Gasteiger partial charge in [0, 0.05) is 11.4 Å². The number of para-hydroxylation sites is 1. The molecule has 4 rings (SSSR count). The van der Waals surface area contributed by atoms with E-state index in [-0.39, 0.29) is 5.56 Å². The Morgan fingerprint density at radius 1 is 1.17 bits per heavy atom. The summed E-state index contributed by atoms with van der Waals surface area (Å²) in [5, 5.41) is 5.47. The summed E-state index contributed by atoms with van der Waals surface area (Å²) in [5.41, 5.74) is 4.34. The second-order valence-electron chi connectivity index (χ2n) is 5.37. The number of rotatable bonds is 3. The summed E-state index contributed by atoms with van der Waals surface area (Å²) in [6, 6.07) is 14.6. The minimum absolute atomic E-state index is 0.223. The Morgan fingerprint density at radius 3 is 2.71 bits per heavy atom. The lowest BCUT2D eigenvalue weighted by atomic mass is 10.2. The summed E-state index contributed by atoms with van der Waals surface area (Å²) in [6.45, 7) is 1.97. The van der Waals surface area contributed by atoms with E-state index in [0.717, 1.165) is 5.69 Å². The molecular formula is C17H14ClN5O. The van der Waals surface area contributed by atoms with Crippen LogP contribution in [-0.2, 0) is 6.42 Å². The fourth-order valence-electron chi connectivity index (χ4n) is 2.62. The van der Waals surface area contributed by atoms with Crippen LogP contribution in [0.3, 0.4) is 0 Å². The summed E-state index contributed by atoms with van der Waals surface area (Å²) in [5.74, 6) is 1.11. The molecule has 0 aliphatic rings. The normalized spacial score (nSPS) is 11.2. The van der Waals surface area contributed by atoms with E-state index in [9.17, 15) is 4.79 Å². The van der Waals surface area contributed by atoms with Crippen LogP contribution in [0, 0.1) is 0 Å². The second kappa shape index (κ2) is 5.65. The van der Waals surface area contributed by atoms with Crippen molar-refractivity contribution in [2.75, 3.05) is 5.43 Å². The number of fused-ring (bicyclic) bond motifs is 3. The van der Waals surface area contributed by atoms with Crippen LogP contribution in [0.25, 0.3) is 16.7 Å². The van der Waals surface area contributed by atoms with Gasteiger partial charge >= 0.3 is 0 Å². The molecule has 0 aliphatic carbocycles. The van der Waals surface area contributed by atoms with Crippen LogP contribution in [0.15, 0.2) is 53.3 Å². The van der Waals surface area contributed by atoms with E-state index in [1.807, 2.05) is 37.3 Å². The van der Waals surface area contributed by atoms with Gasteiger partial charge in [-0.15, -0.1) is 5.10 Å². The molecule has 2 aromatic heterocycles. The second-order valence-corrected chi connectivity index (χ2v) is 5.81. The predicted octanol–water partition coefficient (Wildman–Crippen LogP) is 3.14. The molecule has 0 saturated heterocycles. The minimum Gasteiger partial charge on any atom is -0.288 e. The third-order valence-electron chi connectivity index (χ3n) is 3.79. The topological polar surface area (TPSA) is 64.2 Å². The molecule has 0 saturated carbocycles. The Kier molecular flexibility index (Phi) is 3.46. The lowest BCUT2D eigenvalue weighted by Gasteiger charge is -2.12. The third-order valence-corrected chi connectivity index (χ3v) is 4.02. The molecule has 6 nitrogen and oxygen atoms in total. The molecular weight excluding hydrogens is 326 g/mol. The highest BCUT2D eigenvalue weighted by Crippen LogP contribution is 2.18. The van der Waals surface area contributed by atoms with Crippen molar-refractivity contribution in [1.29, 1.82) is 0 Å². The van der Waals surface area contributed by atoms with Crippen molar-refractivity contribution < 1.29 is 0 Å². The van der Waals surface area contributed by atoms with Gasteiger partial charge in [-0.1, -0.05) is 36.7 Å². The molecule has 0 spiro atoms. The van der Waals surface area contributed by atoms with E-state index < -0.39 is 0 Å². The number of halogens is 1. The van der Waals surface area contributed by atoms with Crippen LogP contribution in [0.2, 0.25) is 5.02 Å². The van der Waals surface area contributed by atoms with E-state index in [1.165, 1.54) is 4.68 Å². The standard InChI is InChI=1S/C17H14ClN5O/c1-2-15-19-17-22(21-15)14-9-8-11(18)10-13(14)16(24)23(17)20-12-6-4-3-5-7-12/h3-10,20H,2H2,1H3. The number of aryl methyl sites for hydroxylation is 1. The van der Waals surface area contributed by atoms with Crippen molar-refractivity contribution >= 4 is 34.0 Å². The quantitative estimate of drug-likeness (QED) is 0.623. The van der Waals surface area contributed by atoms with Crippen molar-refractivity contribution in [2.24, 2.45) is 0 Å². The zero-order valence-electron chi connectivity index (χ0n) is 12.9. The van der Waals surface area contributed by atoms with Gasteiger partial charge in [-0.2, -0.15) is 14.2 Å². The predicted molar refractivity (Wildman–Crippen MR) is 94.6 cm³/mol. The average Bonchev–Trinajstić information content (AvgIpc) is 3.04. The van der Waals surface area contributed by atoms with Gasteiger partial charge in [0.05, 0.1) is 16.6 Å². The molecule has 1 N–H and O–H groups in total. The fraction of sp³-hybridized carbons (Fsp3) is 0.118. The van der Waals surface area contributed by atoms with Gasteiger partial charge in [-0.25, -0.2) is 0 Å². The molecule has 4 aromatic rings. The van der Waals surface area contributed by atoms with Crippen LogP contribution < -0.4 is 11.0 Å². The minimum atomic E-state index is -0.223. The van der Waals surface area contributed by atoms with Crippen molar-refractivity contribution in [1.82, 2.24) is 19.3 Å². The van der Waals surface area contributed by atoms with Gasteiger partial charge < -0.3 is 0 Å². The van der Waals surface area contributed by atoms with Crippen LogP contribution in [0.1, 0.15) is 12.7 Å². The van der Waals surface area contributed by atoms with E-state index in [4.69, 9.17) is 11.6 Å². The number of nitrogens with zero attached hydrogens (tertiary/aromatic N) is 4. The molecule has 24 heavy (non-hydrogen) atoms. The maximum Gasteiger partial charge on any atom is 0.281 e. The molecule has 0 aliphatic heterocycles. The Hall–Kier alpha value is -2.86. The molecule has 0 amide bonds. The van der Waals surface area contributed by atoms with Crippen molar-refractivity contribution in [3.8, 4) is 0 Å². The molecule has 120 valence electrons. The van der Waals surface area contributed by atoms with Crippen LogP contribution in [0.4, 0.5) is 5.69 Å². The Morgan fingerprint density at radius 2 is 1.96 bits per heavy atom. The van der Waals surface area contributed by atoms with Gasteiger partial charge in [0.15, 0.2) is 5.82 Å². The maximum absolute atomic E-state index is 13.0. The molecule has 0 atom stereocenters. The van der Waals surface area contributed by atoms with Crippen molar-refractivity contribution in [3.63, 3.8) is 0 Å². The highest BCUT2D eigenvalue weighted by Gasteiger charge is 2.15. The van der Waals surface area contributed by atoms with Gasteiger partial charge in [-0.3, -0.25) is 10.2 Å². The monoisotopic (exact) mass is 339 g/mol. The lowest BCUT2D eigenvalue weighted by Crippen LogP contribution is -2.29. The summed E-state index contributed by atoms with van der Waals surface area (Å²) in [4.78, 5) is 17.4. The first-order chi connectivity index (χ1) is 11.7. The van der Waals surface area contributed by atoms with Gasteiger partial charge in [0.1, 0.15) is 0 Å². The summed E-state index contributed by atoms with van der Waals surface area (Å²) in [6.07, 6.45) is 0.677. The Balaban J connectivity index is 2.07. The summed E-state index contributed by atoms with van der Waals surface area (Å²) < 4.78 is 3.07. The number of nitrogens with one attached hydrogen (secondary N) is 1. The summed E-state index contributed by atoms with van der Waals surface area (Å²) >= 11 is 6.07. The number of hydrogen-bond acceptors (Lipinski definition) is 4. The molecule has 2 aromatic carbocycles. The Bertz CT molecular complexity index is 1100. The number of hydrogen-bond donors (Lipinski definition) is 1. The number of anilines is 1. The largest absolute Gasteiger partial charge is 0.288 e. The first-order valence-electron chi connectivity index (χ1n) is 7.59. The smallest absolute Gasteiger partial charge is 0.281 e. The van der Waals surface area contributed by atoms with Gasteiger partial charge in [0.25, 0.3) is 11.3 Å². The third kappa shape index (κ3) is 2.32. The molecule has 0 unspecified atom stereocenters. The lowest BCUT2D eigenvalue weighted by molar-refractivity contribution is 0.860. The number of benzene rings is 2. The van der Waals surface area contributed by atoms with E-state index in [1.54, 1.807) is 22.7 Å². The number of aromatic nitrogens is 4. The zero-order valence-corrected chi connectivity index (χ0v) is 13.7. The van der Waals surface area contributed by atoms with Crippen molar-refractivity contribution in [3.05, 3.63) is 69.7 Å². The molecule has 0 bridgehead atoms.